The van der Waals surface area contributed by atoms with Crippen LogP contribution in [0.1, 0.15) is 28.2 Å². The molecule has 0 atom stereocenters. The number of halogens is 2. The molecule has 2 heterocycles. The number of ketones is 1. The maximum absolute atomic E-state index is 12.7. The van der Waals surface area contributed by atoms with Crippen molar-refractivity contribution < 1.29 is 27.5 Å². The Kier molecular flexibility index (Phi) is 6.90. The first-order valence-corrected chi connectivity index (χ1v) is 9.20. The fourth-order valence-corrected chi connectivity index (χ4v) is 2.79. The Bertz CT molecular complexity index is 1030. The number of pyridine rings is 1. The van der Waals surface area contributed by atoms with Crippen LogP contribution >= 0.6 is 0 Å². The quantitative estimate of drug-likeness (QED) is 0.342. The summed E-state index contributed by atoms with van der Waals surface area (Å²) < 4.78 is 40.8. The average Bonchev–Trinajstić information content (AvgIpc) is 3.20. The third kappa shape index (κ3) is 5.28. The molecule has 0 unspecified atom stereocenters. The molecule has 0 saturated heterocycles. The first kappa shape index (κ1) is 21.2. The largest absolute Gasteiger partial charge is 0.486 e. The molecular weight excluding hydrogens is 394 g/mol. The molecule has 0 N–H and O–H groups in total. The second-order valence-electron chi connectivity index (χ2n) is 6.38. The lowest BCUT2D eigenvalue weighted by atomic mass is 10.1. The van der Waals surface area contributed by atoms with Crippen molar-refractivity contribution in [1.29, 1.82) is 0 Å². The molecule has 156 valence electrons. The molecule has 0 aliphatic rings. The predicted molar refractivity (Wildman–Crippen MR) is 106 cm³/mol. The summed E-state index contributed by atoms with van der Waals surface area (Å²) in [4.78, 5) is 20.8. The molecule has 0 amide bonds. The van der Waals surface area contributed by atoms with Gasteiger partial charge in [-0.05, 0) is 36.8 Å². The van der Waals surface area contributed by atoms with Crippen LogP contribution in [-0.2, 0) is 6.42 Å². The van der Waals surface area contributed by atoms with Gasteiger partial charge in [-0.25, -0.2) is 4.98 Å². The molecule has 0 spiro atoms. The number of Topliss-reactive ketones (excluding diaryl/α,β-unsaturated/α-hetero) is 1. The van der Waals surface area contributed by atoms with Gasteiger partial charge in [0.15, 0.2) is 17.3 Å². The van der Waals surface area contributed by atoms with Crippen LogP contribution in [0.2, 0.25) is 0 Å². The summed E-state index contributed by atoms with van der Waals surface area (Å²) >= 11 is 0. The number of carbonyl (C=O) groups excluding carboxylic acids is 1. The van der Waals surface area contributed by atoms with Crippen molar-refractivity contribution in [1.82, 2.24) is 9.97 Å². The van der Waals surface area contributed by atoms with E-state index in [-0.39, 0.29) is 36.2 Å². The Morgan fingerprint density at radius 2 is 2.13 bits per heavy atom. The van der Waals surface area contributed by atoms with E-state index in [1.807, 2.05) is 13.0 Å². The third-order valence-corrected chi connectivity index (χ3v) is 4.20. The van der Waals surface area contributed by atoms with Crippen molar-refractivity contribution >= 4 is 5.78 Å². The summed E-state index contributed by atoms with van der Waals surface area (Å²) in [5.74, 6) is 0.154. The van der Waals surface area contributed by atoms with E-state index in [9.17, 15) is 13.6 Å². The van der Waals surface area contributed by atoms with Gasteiger partial charge in [-0.15, -0.1) is 0 Å². The number of carbonyl (C=O) groups is 1. The van der Waals surface area contributed by atoms with Crippen LogP contribution in [0.5, 0.6) is 11.5 Å². The molecule has 0 aliphatic heterocycles. The van der Waals surface area contributed by atoms with E-state index in [4.69, 9.17) is 9.15 Å². The molecule has 3 rings (SSSR count). The van der Waals surface area contributed by atoms with E-state index in [2.05, 4.69) is 21.3 Å². The van der Waals surface area contributed by atoms with Gasteiger partial charge in [0.05, 0.1) is 5.69 Å². The second kappa shape index (κ2) is 9.78. The number of alkyl halides is 2. The molecule has 2 aromatic heterocycles. The van der Waals surface area contributed by atoms with Gasteiger partial charge in [0.25, 0.3) is 0 Å². The van der Waals surface area contributed by atoms with E-state index in [0.29, 0.717) is 23.4 Å². The van der Waals surface area contributed by atoms with Crippen molar-refractivity contribution in [2.75, 3.05) is 6.61 Å². The Balaban J connectivity index is 1.72. The number of hydrogen-bond donors (Lipinski definition) is 0. The minimum atomic E-state index is -3.01. The fraction of sp³-hybridized carbons (Fsp3) is 0.227. The minimum absolute atomic E-state index is 0.0889. The highest BCUT2D eigenvalue weighted by molar-refractivity contribution is 5.95. The Morgan fingerprint density at radius 1 is 1.30 bits per heavy atom. The number of nitrogens with zero attached hydrogens (tertiary/aromatic N) is 2. The van der Waals surface area contributed by atoms with E-state index in [0.717, 1.165) is 5.56 Å². The molecule has 8 heteroatoms. The maximum atomic E-state index is 12.7. The molecule has 30 heavy (non-hydrogen) atoms. The minimum Gasteiger partial charge on any atom is -0.486 e. The summed E-state index contributed by atoms with van der Waals surface area (Å²) in [6.07, 6.45) is 5.09. The number of aromatic nitrogens is 2. The van der Waals surface area contributed by atoms with Gasteiger partial charge in [-0.2, -0.15) is 8.78 Å². The van der Waals surface area contributed by atoms with E-state index < -0.39 is 6.61 Å². The summed E-state index contributed by atoms with van der Waals surface area (Å²) in [6.45, 7) is 2.49. The lowest BCUT2D eigenvalue weighted by molar-refractivity contribution is -0.0513. The standard InChI is InChI=1S/C22H20F2N2O4/c1-3-11-28-18-9-6-15(12-19(18)30-22(23)24)21-26-16(13-29-21)7-8-17(27)20-14(2)5-4-10-25-20/h3-6,9-10,12-13,22H,1,7-8,11H2,2H3. The van der Waals surface area contributed by atoms with Crippen molar-refractivity contribution in [3.05, 3.63) is 72.4 Å². The van der Waals surface area contributed by atoms with Crippen LogP contribution in [-0.4, -0.2) is 29.0 Å². The first-order chi connectivity index (χ1) is 14.5. The smallest absolute Gasteiger partial charge is 0.387 e. The van der Waals surface area contributed by atoms with Crippen molar-refractivity contribution in [3.8, 4) is 23.0 Å². The number of ether oxygens (including phenoxy) is 2. The van der Waals surface area contributed by atoms with Crippen LogP contribution in [0.25, 0.3) is 11.5 Å². The van der Waals surface area contributed by atoms with Gasteiger partial charge >= 0.3 is 6.61 Å². The number of rotatable bonds is 10. The van der Waals surface area contributed by atoms with Crippen LogP contribution in [0.4, 0.5) is 8.78 Å². The zero-order chi connectivity index (χ0) is 21.5. The number of benzene rings is 1. The summed E-state index contributed by atoms with van der Waals surface area (Å²) in [7, 11) is 0. The van der Waals surface area contributed by atoms with Crippen LogP contribution in [0.3, 0.4) is 0 Å². The maximum Gasteiger partial charge on any atom is 0.387 e. The van der Waals surface area contributed by atoms with Crippen LogP contribution < -0.4 is 9.47 Å². The normalized spacial score (nSPS) is 10.8. The number of hydrogen-bond acceptors (Lipinski definition) is 6. The van der Waals surface area contributed by atoms with Gasteiger partial charge in [0, 0.05) is 24.6 Å². The molecular formula is C22H20F2N2O4. The van der Waals surface area contributed by atoms with Crippen molar-refractivity contribution in [3.63, 3.8) is 0 Å². The highest BCUT2D eigenvalue weighted by atomic mass is 19.3. The zero-order valence-electron chi connectivity index (χ0n) is 16.3. The van der Waals surface area contributed by atoms with Gasteiger partial charge < -0.3 is 13.9 Å². The van der Waals surface area contributed by atoms with Crippen molar-refractivity contribution in [2.24, 2.45) is 0 Å². The van der Waals surface area contributed by atoms with E-state index >= 15 is 0 Å². The van der Waals surface area contributed by atoms with Gasteiger partial charge in [-0.3, -0.25) is 9.78 Å². The van der Waals surface area contributed by atoms with Crippen LogP contribution in [0, 0.1) is 6.92 Å². The Morgan fingerprint density at radius 3 is 2.87 bits per heavy atom. The van der Waals surface area contributed by atoms with Gasteiger partial charge in [-0.1, -0.05) is 18.7 Å². The second-order valence-corrected chi connectivity index (χ2v) is 6.38. The third-order valence-electron chi connectivity index (χ3n) is 4.20. The Labute approximate surface area is 172 Å². The summed E-state index contributed by atoms with van der Waals surface area (Å²) in [5, 5.41) is 0. The van der Waals surface area contributed by atoms with E-state index in [1.165, 1.54) is 24.5 Å². The van der Waals surface area contributed by atoms with Crippen LogP contribution in [0.15, 0.2) is 59.9 Å². The monoisotopic (exact) mass is 414 g/mol. The first-order valence-electron chi connectivity index (χ1n) is 9.20. The number of oxazole rings is 1. The highest BCUT2D eigenvalue weighted by Crippen LogP contribution is 2.33. The van der Waals surface area contributed by atoms with Gasteiger partial charge in [0.1, 0.15) is 18.6 Å². The van der Waals surface area contributed by atoms with Gasteiger partial charge in [0.2, 0.25) is 5.89 Å². The van der Waals surface area contributed by atoms with Crippen molar-refractivity contribution in [2.45, 2.75) is 26.4 Å². The predicted octanol–water partition coefficient (Wildman–Crippen LogP) is 5.03. The molecule has 0 saturated carbocycles. The molecule has 1 aromatic carbocycles. The molecule has 0 fully saturated rings. The summed E-state index contributed by atoms with van der Waals surface area (Å²) in [5.41, 5.74) is 2.25. The molecule has 0 aliphatic carbocycles. The zero-order valence-corrected chi connectivity index (χ0v) is 16.3. The lowest BCUT2D eigenvalue weighted by Crippen LogP contribution is -2.06. The molecule has 3 aromatic rings. The van der Waals surface area contributed by atoms with E-state index in [1.54, 1.807) is 18.3 Å². The summed E-state index contributed by atoms with van der Waals surface area (Å²) in [6, 6.07) is 8.08. The fourth-order valence-electron chi connectivity index (χ4n) is 2.79. The Hall–Kier alpha value is -3.55. The number of aryl methyl sites for hydroxylation is 2. The highest BCUT2D eigenvalue weighted by Gasteiger charge is 2.16. The SMILES string of the molecule is C=CCOc1ccc(-c2nc(CCC(=O)c3ncccc3C)co2)cc1OC(F)F. The molecule has 0 bridgehead atoms. The topological polar surface area (TPSA) is 74.5 Å². The molecule has 6 nitrogen and oxygen atoms in total. The lowest BCUT2D eigenvalue weighted by Gasteiger charge is -2.11. The average molecular weight is 414 g/mol. The molecule has 0 radical (unpaired) electrons.